The average Bonchev–Trinajstić information content (AvgIpc) is 3.10. The maximum atomic E-state index is 13.0. The Kier molecular flexibility index (Phi) is 4.56. The van der Waals surface area contributed by atoms with Crippen LogP contribution in [0.4, 0.5) is 10.2 Å². The number of rotatable bonds is 5. The van der Waals surface area contributed by atoms with Crippen LogP contribution in [0.5, 0.6) is 0 Å². The molecule has 0 amide bonds. The third kappa shape index (κ3) is 3.52. The molecule has 134 valence electrons. The minimum absolute atomic E-state index is 0.218. The number of aromatic nitrogens is 3. The number of fused-ring (bicyclic) bond motifs is 1. The van der Waals surface area contributed by atoms with Crippen LogP contribution in [0.1, 0.15) is 21.6 Å². The smallest absolute Gasteiger partial charge is 0.217 e. The van der Waals surface area contributed by atoms with E-state index < -0.39 is 0 Å². The van der Waals surface area contributed by atoms with Gasteiger partial charge in [-0.15, -0.1) is 0 Å². The van der Waals surface area contributed by atoms with Crippen LogP contribution in [0.2, 0.25) is 5.02 Å². The number of nitrogens with one attached hydrogen (secondary N) is 2. The summed E-state index contributed by atoms with van der Waals surface area (Å²) in [4.78, 5) is 24.5. The molecule has 0 bridgehead atoms. The first-order valence-electron chi connectivity index (χ1n) is 8.22. The first kappa shape index (κ1) is 17.2. The predicted molar refractivity (Wildman–Crippen MR) is 102 cm³/mol. The van der Waals surface area contributed by atoms with Gasteiger partial charge in [-0.2, -0.15) is 0 Å². The highest BCUT2D eigenvalue weighted by atomic mass is 35.5. The molecule has 0 spiro atoms. The van der Waals surface area contributed by atoms with Gasteiger partial charge in [-0.05, 0) is 29.8 Å². The maximum absolute atomic E-state index is 13.0. The third-order valence-corrected chi connectivity index (χ3v) is 4.41. The molecule has 0 aliphatic rings. The highest BCUT2D eigenvalue weighted by Gasteiger charge is 2.19. The third-order valence-electron chi connectivity index (χ3n) is 4.17. The fraction of sp³-hybridized carbons (Fsp3) is 0.0500. The number of nitrogens with zero attached hydrogens (tertiary/aromatic N) is 2. The molecule has 0 saturated carbocycles. The monoisotopic (exact) mass is 380 g/mol. The summed E-state index contributed by atoms with van der Waals surface area (Å²) in [5.74, 6) is -0.179. The Labute approximate surface area is 159 Å². The number of halogens is 2. The van der Waals surface area contributed by atoms with Crippen LogP contribution < -0.4 is 5.32 Å². The van der Waals surface area contributed by atoms with Crippen molar-refractivity contribution in [1.29, 1.82) is 0 Å². The van der Waals surface area contributed by atoms with Crippen molar-refractivity contribution < 1.29 is 9.18 Å². The minimum Gasteiger partial charge on any atom is -0.364 e. The Morgan fingerprint density at radius 1 is 1.11 bits per heavy atom. The normalized spacial score (nSPS) is 10.9. The van der Waals surface area contributed by atoms with E-state index in [1.165, 1.54) is 24.5 Å². The van der Waals surface area contributed by atoms with E-state index in [2.05, 4.69) is 20.3 Å². The number of anilines is 1. The fourth-order valence-corrected chi connectivity index (χ4v) is 3.01. The second kappa shape index (κ2) is 7.17. The van der Waals surface area contributed by atoms with Crippen molar-refractivity contribution in [2.24, 2.45) is 0 Å². The van der Waals surface area contributed by atoms with Crippen LogP contribution in [0.3, 0.4) is 0 Å². The van der Waals surface area contributed by atoms with Crippen LogP contribution in [-0.2, 0) is 6.54 Å². The lowest BCUT2D eigenvalue weighted by Gasteiger charge is -2.09. The largest absolute Gasteiger partial charge is 0.364 e. The van der Waals surface area contributed by atoms with Crippen LogP contribution in [0.15, 0.2) is 61.1 Å². The first-order chi connectivity index (χ1) is 13.1. The summed E-state index contributed by atoms with van der Waals surface area (Å²) < 4.78 is 13.0. The molecule has 0 radical (unpaired) electrons. The topological polar surface area (TPSA) is 70.7 Å². The Morgan fingerprint density at radius 2 is 1.89 bits per heavy atom. The molecule has 2 N–H and O–H groups in total. The molecular formula is C20H14ClFN4O. The second-order valence-electron chi connectivity index (χ2n) is 5.95. The lowest BCUT2D eigenvalue weighted by molar-refractivity contribution is 0.103. The minimum atomic E-state index is -0.298. The van der Waals surface area contributed by atoms with Crippen molar-refractivity contribution in [2.45, 2.75) is 6.54 Å². The second-order valence-corrected chi connectivity index (χ2v) is 6.39. The SMILES string of the molecule is O=C(c1nccnc1NCc1ccc(F)cc1)c1c[nH]c2cc(Cl)ccc12. The molecule has 2 heterocycles. The van der Waals surface area contributed by atoms with Gasteiger partial charge in [0.2, 0.25) is 5.78 Å². The number of hydrogen-bond acceptors (Lipinski definition) is 4. The van der Waals surface area contributed by atoms with E-state index in [9.17, 15) is 9.18 Å². The molecule has 5 nitrogen and oxygen atoms in total. The van der Waals surface area contributed by atoms with Gasteiger partial charge in [0, 0.05) is 46.6 Å². The number of carbonyl (C=O) groups excluding carboxylic acids is 1. The van der Waals surface area contributed by atoms with Crippen molar-refractivity contribution in [3.05, 3.63) is 88.7 Å². The van der Waals surface area contributed by atoms with Gasteiger partial charge in [-0.3, -0.25) is 4.79 Å². The lowest BCUT2D eigenvalue weighted by Crippen LogP contribution is -2.11. The quantitative estimate of drug-likeness (QED) is 0.497. The van der Waals surface area contributed by atoms with E-state index in [4.69, 9.17) is 11.6 Å². The molecule has 2 aromatic carbocycles. The summed E-state index contributed by atoms with van der Waals surface area (Å²) in [5.41, 5.74) is 2.35. The standard InChI is InChI=1S/C20H14ClFN4O/c21-13-3-6-15-16(11-25-17(15)9-13)19(27)18-20(24-8-7-23-18)26-10-12-1-4-14(22)5-2-12/h1-9,11,25H,10H2,(H,24,26). The number of H-pyrrole nitrogens is 1. The molecule has 0 atom stereocenters. The molecule has 4 rings (SSSR count). The molecule has 0 unspecified atom stereocenters. The van der Waals surface area contributed by atoms with Gasteiger partial charge < -0.3 is 10.3 Å². The lowest BCUT2D eigenvalue weighted by atomic mass is 10.1. The van der Waals surface area contributed by atoms with E-state index in [0.29, 0.717) is 22.9 Å². The van der Waals surface area contributed by atoms with Gasteiger partial charge in [-0.1, -0.05) is 29.8 Å². The zero-order valence-corrected chi connectivity index (χ0v) is 14.8. The summed E-state index contributed by atoms with van der Waals surface area (Å²) in [7, 11) is 0. The van der Waals surface area contributed by atoms with Gasteiger partial charge in [0.1, 0.15) is 5.82 Å². The number of carbonyl (C=O) groups is 1. The van der Waals surface area contributed by atoms with Crippen molar-refractivity contribution in [3.63, 3.8) is 0 Å². The molecular weight excluding hydrogens is 367 g/mol. The molecule has 2 aromatic heterocycles. The molecule has 4 aromatic rings. The van der Waals surface area contributed by atoms with E-state index in [0.717, 1.165) is 16.5 Å². The predicted octanol–water partition coefficient (Wildman–Crippen LogP) is 4.59. The Morgan fingerprint density at radius 3 is 2.70 bits per heavy atom. The van der Waals surface area contributed by atoms with Crippen molar-refractivity contribution in [3.8, 4) is 0 Å². The van der Waals surface area contributed by atoms with Crippen LogP contribution in [0.25, 0.3) is 10.9 Å². The van der Waals surface area contributed by atoms with Gasteiger partial charge in [0.15, 0.2) is 11.5 Å². The molecule has 0 saturated heterocycles. The molecule has 7 heteroatoms. The molecule has 0 aliphatic heterocycles. The molecule has 27 heavy (non-hydrogen) atoms. The zero-order valence-electron chi connectivity index (χ0n) is 14.0. The fourth-order valence-electron chi connectivity index (χ4n) is 2.84. The summed E-state index contributed by atoms with van der Waals surface area (Å²) in [6, 6.07) is 11.4. The van der Waals surface area contributed by atoms with E-state index >= 15 is 0 Å². The van der Waals surface area contributed by atoms with Crippen molar-refractivity contribution >= 4 is 34.1 Å². The number of hydrogen-bond donors (Lipinski definition) is 2. The Bertz CT molecular complexity index is 1120. The maximum Gasteiger partial charge on any atom is 0.217 e. The summed E-state index contributed by atoms with van der Waals surface area (Å²) in [6.07, 6.45) is 4.63. The van der Waals surface area contributed by atoms with Crippen LogP contribution in [-0.4, -0.2) is 20.7 Å². The Hall–Kier alpha value is -3.25. The number of aromatic amines is 1. The van der Waals surface area contributed by atoms with Crippen molar-refractivity contribution in [2.75, 3.05) is 5.32 Å². The summed E-state index contributed by atoms with van der Waals surface area (Å²) in [6.45, 7) is 0.392. The van der Waals surface area contributed by atoms with Crippen LogP contribution >= 0.6 is 11.6 Å². The van der Waals surface area contributed by atoms with Gasteiger partial charge in [0.25, 0.3) is 0 Å². The number of benzene rings is 2. The molecule has 0 aliphatic carbocycles. The van der Waals surface area contributed by atoms with E-state index in [-0.39, 0.29) is 17.3 Å². The van der Waals surface area contributed by atoms with Gasteiger partial charge >= 0.3 is 0 Å². The summed E-state index contributed by atoms with van der Waals surface area (Å²) in [5, 5.41) is 4.45. The average molecular weight is 381 g/mol. The van der Waals surface area contributed by atoms with E-state index in [1.54, 1.807) is 36.5 Å². The van der Waals surface area contributed by atoms with Crippen LogP contribution in [0, 0.1) is 5.82 Å². The summed E-state index contributed by atoms with van der Waals surface area (Å²) >= 11 is 6.00. The zero-order chi connectivity index (χ0) is 18.8. The molecule has 0 fully saturated rings. The van der Waals surface area contributed by atoms with E-state index in [1.807, 2.05) is 0 Å². The van der Waals surface area contributed by atoms with Gasteiger partial charge in [0.05, 0.1) is 0 Å². The highest BCUT2D eigenvalue weighted by molar-refractivity contribution is 6.31. The first-order valence-corrected chi connectivity index (χ1v) is 8.60. The van der Waals surface area contributed by atoms with Gasteiger partial charge in [-0.25, -0.2) is 14.4 Å². The highest BCUT2D eigenvalue weighted by Crippen LogP contribution is 2.25. The number of ketones is 1. The Balaban J connectivity index is 1.63. The van der Waals surface area contributed by atoms with Crippen molar-refractivity contribution in [1.82, 2.24) is 15.0 Å².